The Kier molecular flexibility index (Phi) is 5.79. The van der Waals surface area contributed by atoms with Gasteiger partial charge in [-0.05, 0) is 31.3 Å². The third kappa shape index (κ3) is 5.20. The van der Waals surface area contributed by atoms with Crippen LogP contribution in [0.3, 0.4) is 0 Å². The second-order valence-electron chi connectivity index (χ2n) is 5.58. The number of likely N-dealkylation sites (N-methyl/N-ethyl adjacent to an activating group) is 1. The number of nitrogens with zero attached hydrogens (tertiary/aromatic N) is 2. The molecule has 1 aliphatic rings. The van der Waals surface area contributed by atoms with Gasteiger partial charge in [0.05, 0.1) is 12.1 Å². The van der Waals surface area contributed by atoms with E-state index in [4.69, 9.17) is 0 Å². The van der Waals surface area contributed by atoms with Crippen molar-refractivity contribution in [1.82, 2.24) is 20.7 Å². The number of hydrogen-bond acceptors (Lipinski definition) is 4. The summed E-state index contributed by atoms with van der Waals surface area (Å²) in [7, 11) is 1.99. The number of nitrogens with one attached hydrogen (secondary N) is 2. The molecule has 0 spiro atoms. The van der Waals surface area contributed by atoms with Crippen molar-refractivity contribution < 1.29 is 22.8 Å². The third-order valence-corrected chi connectivity index (χ3v) is 3.67. The topological polar surface area (TPSA) is 64.7 Å². The highest BCUT2D eigenvalue weighted by Crippen LogP contribution is 2.28. The zero-order valence-corrected chi connectivity index (χ0v) is 13.2. The van der Waals surface area contributed by atoms with Crippen molar-refractivity contribution in [3.05, 3.63) is 35.4 Å². The largest absolute Gasteiger partial charge is 0.416 e. The van der Waals surface area contributed by atoms with Crippen LogP contribution in [0.1, 0.15) is 15.9 Å². The molecule has 1 heterocycles. The number of benzene rings is 1. The number of carbonyl (C=O) groups is 2. The normalized spacial score (nSPS) is 16.7. The zero-order chi connectivity index (χ0) is 17.7. The maximum absolute atomic E-state index is 12.5. The lowest BCUT2D eigenvalue weighted by Gasteiger charge is -2.32. The molecule has 0 saturated carbocycles. The standard InChI is InChI=1S/C15H19F3N4O2/c1-21-6-8-22(9-7-21)20-13(23)10-19-14(24)11-2-4-12(5-3-11)15(16,17)18/h2-5H,6-10H2,1H3,(H,19,24)(H,20,23). The van der Waals surface area contributed by atoms with E-state index in [0.717, 1.165) is 37.4 Å². The number of halogens is 3. The van der Waals surface area contributed by atoms with Gasteiger partial charge in [0.2, 0.25) is 0 Å². The molecule has 1 fully saturated rings. The molecule has 1 aromatic carbocycles. The van der Waals surface area contributed by atoms with E-state index >= 15 is 0 Å². The Labute approximate surface area is 137 Å². The number of hydrogen-bond donors (Lipinski definition) is 2. The van der Waals surface area contributed by atoms with Gasteiger partial charge in [-0.1, -0.05) is 0 Å². The lowest BCUT2D eigenvalue weighted by Crippen LogP contribution is -2.54. The fourth-order valence-corrected chi connectivity index (χ4v) is 2.21. The van der Waals surface area contributed by atoms with Gasteiger partial charge in [-0.3, -0.25) is 15.0 Å². The Morgan fingerprint density at radius 2 is 1.67 bits per heavy atom. The summed E-state index contributed by atoms with van der Waals surface area (Å²) in [5, 5.41) is 4.16. The fourth-order valence-electron chi connectivity index (χ4n) is 2.21. The maximum atomic E-state index is 12.5. The van der Waals surface area contributed by atoms with E-state index in [0.29, 0.717) is 13.1 Å². The second-order valence-corrected chi connectivity index (χ2v) is 5.58. The van der Waals surface area contributed by atoms with E-state index in [1.54, 1.807) is 5.01 Å². The summed E-state index contributed by atoms with van der Waals surface area (Å²) < 4.78 is 37.4. The quantitative estimate of drug-likeness (QED) is 0.845. The average Bonchev–Trinajstić information content (AvgIpc) is 2.54. The molecule has 1 aliphatic heterocycles. The summed E-state index contributed by atoms with van der Waals surface area (Å²) in [5.74, 6) is -0.975. The van der Waals surface area contributed by atoms with Gasteiger partial charge in [0.15, 0.2) is 0 Å². The number of piperazine rings is 1. The Balaban J connectivity index is 1.79. The summed E-state index contributed by atoms with van der Waals surface area (Å²) in [6.07, 6.45) is -4.45. The first-order chi connectivity index (χ1) is 11.3. The van der Waals surface area contributed by atoms with Crippen LogP contribution in [0.4, 0.5) is 13.2 Å². The number of carbonyl (C=O) groups excluding carboxylic acids is 2. The molecule has 2 N–H and O–H groups in total. The summed E-state index contributed by atoms with van der Waals surface area (Å²) in [4.78, 5) is 25.8. The molecule has 0 radical (unpaired) electrons. The zero-order valence-electron chi connectivity index (χ0n) is 13.2. The van der Waals surface area contributed by atoms with E-state index in [2.05, 4.69) is 15.6 Å². The molecule has 0 aromatic heterocycles. The first-order valence-corrected chi connectivity index (χ1v) is 7.44. The van der Waals surface area contributed by atoms with E-state index < -0.39 is 17.6 Å². The van der Waals surface area contributed by atoms with Crippen LogP contribution in [0.5, 0.6) is 0 Å². The van der Waals surface area contributed by atoms with Crippen LogP contribution >= 0.6 is 0 Å². The molecule has 0 bridgehead atoms. The van der Waals surface area contributed by atoms with Crippen molar-refractivity contribution in [1.29, 1.82) is 0 Å². The lowest BCUT2D eigenvalue weighted by molar-refractivity contribution is -0.137. The van der Waals surface area contributed by atoms with Crippen LogP contribution in [0.25, 0.3) is 0 Å². The molecule has 2 amide bonds. The first kappa shape index (κ1) is 18.2. The van der Waals surface area contributed by atoms with Crippen LogP contribution in [0.2, 0.25) is 0 Å². The van der Waals surface area contributed by atoms with Crippen molar-refractivity contribution in [3.63, 3.8) is 0 Å². The Morgan fingerprint density at radius 3 is 2.21 bits per heavy atom. The van der Waals surface area contributed by atoms with E-state index in [-0.39, 0.29) is 18.0 Å². The molecule has 6 nitrogen and oxygen atoms in total. The maximum Gasteiger partial charge on any atom is 0.416 e. The predicted molar refractivity (Wildman–Crippen MR) is 81.0 cm³/mol. The van der Waals surface area contributed by atoms with Crippen LogP contribution in [0.15, 0.2) is 24.3 Å². The Morgan fingerprint density at radius 1 is 1.08 bits per heavy atom. The molecule has 2 rings (SSSR count). The van der Waals surface area contributed by atoms with Crippen LogP contribution in [-0.4, -0.2) is 61.5 Å². The highest BCUT2D eigenvalue weighted by atomic mass is 19.4. The molecule has 9 heteroatoms. The van der Waals surface area contributed by atoms with Crippen LogP contribution < -0.4 is 10.7 Å². The molecular weight excluding hydrogens is 325 g/mol. The van der Waals surface area contributed by atoms with Gasteiger partial charge in [0, 0.05) is 31.7 Å². The van der Waals surface area contributed by atoms with Gasteiger partial charge in [-0.2, -0.15) is 13.2 Å². The van der Waals surface area contributed by atoms with Crippen molar-refractivity contribution in [2.45, 2.75) is 6.18 Å². The summed E-state index contributed by atoms with van der Waals surface area (Å²) in [6.45, 7) is 2.80. The van der Waals surface area contributed by atoms with Crippen LogP contribution in [-0.2, 0) is 11.0 Å². The number of rotatable bonds is 4. The minimum Gasteiger partial charge on any atom is -0.343 e. The summed E-state index contributed by atoms with van der Waals surface area (Å²) in [6, 6.07) is 3.82. The second kappa shape index (κ2) is 7.63. The molecule has 24 heavy (non-hydrogen) atoms. The van der Waals surface area contributed by atoms with Gasteiger partial charge in [0.1, 0.15) is 0 Å². The SMILES string of the molecule is CN1CCN(NC(=O)CNC(=O)c2ccc(C(F)(F)F)cc2)CC1. The highest BCUT2D eigenvalue weighted by molar-refractivity contribution is 5.96. The van der Waals surface area contributed by atoms with Crippen molar-refractivity contribution in [2.75, 3.05) is 39.8 Å². The van der Waals surface area contributed by atoms with Gasteiger partial charge >= 0.3 is 6.18 Å². The van der Waals surface area contributed by atoms with E-state index in [1.807, 2.05) is 7.05 Å². The molecule has 1 aromatic rings. The fraction of sp³-hybridized carbons (Fsp3) is 0.467. The van der Waals surface area contributed by atoms with Crippen molar-refractivity contribution in [2.24, 2.45) is 0 Å². The molecule has 132 valence electrons. The lowest BCUT2D eigenvalue weighted by atomic mass is 10.1. The van der Waals surface area contributed by atoms with Gasteiger partial charge < -0.3 is 10.2 Å². The minimum absolute atomic E-state index is 0.0652. The molecular formula is C15H19F3N4O2. The van der Waals surface area contributed by atoms with Crippen molar-refractivity contribution in [3.8, 4) is 0 Å². The Bertz CT molecular complexity index is 581. The van der Waals surface area contributed by atoms with Gasteiger partial charge in [0.25, 0.3) is 11.8 Å². The summed E-state index contributed by atoms with van der Waals surface area (Å²) >= 11 is 0. The highest BCUT2D eigenvalue weighted by Gasteiger charge is 2.30. The molecule has 1 saturated heterocycles. The average molecular weight is 344 g/mol. The van der Waals surface area contributed by atoms with Gasteiger partial charge in [-0.25, -0.2) is 5.01 Å². The molecule has 0 unspecified atom stereocenters. The number of amides is 2. The smallest absolute Gasteiger partial charge is 0.343 e. The van der Waals surface area contributed by atoms with Gasteiger partial charge in [-0.15, -0.1) is 0 Å². The molecule has 0 aliphatic carbocycles. The number of alkyl halides is 3. The Hall–Kier alpha value is -2.13. The first-order valence-electron chi connectivity index (χ1n) is 7.44. The van der Waals surface area contributed by atoms with E-state index in [1.165, 1.54) is 0 Å². The van der Waals surface area contributed by atoms with E-state index in [9.17, 15) is 22.8 Å². The third-order valence-electron chi connectivity index (χ3n) is 3.67. The minimum atomic E-state index is -4.45. The predicted octanol–water partition coefficient (Wildman–Crippen LogP) is 0.714. The molecule has 0 atom stereocenters. The van der Waals surface area contributed by atoms with Crippen molar-refractivity contribution >= 4 is 11.8 Å². The monoisotopic (exact) mass is 344 g/mol. The van der Waals surface area contributed by atoms with Crippen LogP contribution in [0, 0.1) is 0 Å². The summed E-state index contributed by atoms with van der Waals surface area (Å²) in [5.41, 5.74) is 1.92. The number of hydrazine groups is 1.